The van der Waals surface area contributed by atoms with Gasteiger partial charge in [0.15, 0.2) is 17.7 Å². The molecule has 3 N–H and O–H groups in total. The molecule has 0 aromatic heterocycles. The van der Waals surface area contributed by atoms with Crippen LogP contribution in [-0.4, -0.2) is 57.4 Å². The van der Waals surface area contributed by atoms with Crippen molar-refractivity contribution in [3.8, 4) is 0 Å². The van der Waals surface area contributed by atoms with E-state index in [9.17, 15) is 20.1 Å². The molecule has 0 bridgehead atoms. The largest absolute Gasteiger partial charge is 0.387 e. The van der Waals surface area contributed by atoms with Crippen molar-refractivity contribution in [3.63, 3.8) is 0 Å². The highest BCUT2D eigenvalue weighted by molar-refractivity contribution is 5.76. The summed E-state index contributed by atoms with van der Waals surface area (Å²) in [6.07, 6.45) is 6.98. The molecule has 6 nitrogen and oxygen atoms in total. The molecular weight excluding hydrogens is 312 g/mol. The highest BCUT2D eigenvalue weighted by Gasteiger charge is 2.90. The summed E-state index contributed by atoms with van der Waals surface area (Å²) in [4.78, 5) is 11.6. The van der Waals surface area contributed by atoms with Gasteiger partial charge in [-0.25, -0.2) is 0 Å². The van der Waals surface area contributed by atoms with Crippen LogP contribution in [0.3, 0.4) is 0 Å². The minimum atomic E-state index is -1.88. The van der Waals surface area contributed by atoms with Crippen LogP contribution in [0.1, 0.15) is 64.2 Å². The first-order valence-corrected chi connectivity index (χ1v) is 9.36. The van der Waals surface area contributed by atoms with E-state index in [1.807, 2.05) is 0 Å². The van der Waals surface area contributed by atoms with Crippen LogP contribution in [0.2, 0.25) is 0 Å². The summed E-state index contributed by atoms with van der Waals surface area (Å²) >= 11 is 0. The maximum Gasteiger partial charge on any atom is 0.169 e. The lowest BCUT2D eigenvalue weighted by molar-refractivity contribution is -0.206. The molecule has 1 aliphatic heterocycles. The van der Waals surface area contributed by atoms with Gasteiger partial charge in [0.1, 0.15) is 17.8 Å². The van der Waals surface area contributed by atoms with Crippen molar-refractivity contribution < 1.29 is 29.6 Å². The first kappa shape index (κ1) is 16.9. The molecule has 4 fully saturated rings. The molecule has 0 aromatic carbocycles. The molecule has 6 heteroatoms. The molecule has 4 aliphatic rings. The van der Waals surface area contributed by atoms with Crippen molar-refractivity contribution in [2.75, 3.05) is 6.61 Å². The molecule has 0 unspecified atom stereocenters. The van der Waals surface area contributed by atoms with Crippen LogP contribution in [0, 0.1) is 5.41 Å². The average molecular weight is 340 g/mol. The lowest BCUT2D eigenvalue weighted by Gasteiger charge is -2.33. The predicted octanol–water partition coefficient (Wildman–Crippen LogP) is 1.05. The number of carbonyl (C=O) groups excluding carboxylic acids is 1. The minimum absolute atomic E-state index is 0.189. The van der Waals surface area contributed by atoms with E-state index in [0.717, 1.165) is 51.4 Å². The van der Waals surface area contributed by atoms with Gasteiger partial charge in [0.05, 0.1) is 6.61 Å². The number of hydrogen-bond acceptors (Lipinski definition) is 6. The zero-order valence-corrected chi connectivity index (χ0v) is 14.1. The Balaban J connectivity index is 1.55. The summed E-state index contributed by atoms with van der Waals surface area (Å²) < 4.78 is 11.9. The van der Waals surface area contributed by atoms with Gasteiger partial charge in [-0.05, 0) is 25.7 Å². The molecule has 0 amide bonds. The van der Waals surface area contributed by atoms with E-state index in [1.54, 1.807) is 0 Å². The topological polar surface area (TPSA) is 96.2 Å². The van der Waals surface area contributed by atoms with Gasteiger partial charge >= 0.3 is 0 Å². The van der Waals surface area contributed by atoms with E-state index in [4.69, 9.17) is 9.47 Å². The van der Waals surface area contributed by atoms with Crippen molar-refractivity contribution in [2.45, 2.75) is 93.4 Å². The zero-order chi connectivity index (χ0) is 17.1. The third-order valence-electron chi connectivity index (χ3n) is 7.13. The fraction of sp³-hybridized carbons (Fsp3) is 0.944. The number of aliphatic hydroxyl groups is 3. The van der Waals surface area contributed by atoms with Crippen LogP contribution in [-0.2, 0) is 14.3 Å². The molecule has 3 saturated carbocycles. The third-order valence-corrected chi connectivity index (χ3v) is 7.13. The Hall–Kier alpha value is -0.530. The van der Waals surface area contributed by atoms with Crippen molar-refractivity contribution >= 4 is 6.29 Å². The standard InChI is InChI=1S/C18H28O6/c19-12-17(21)15(7-3-1-4-8-15)18(17,22)14(20)13-11-23-16(24-13)9-5-2-6-10-16/h12-14,20-22H,1-11H2/t13-,14-,17+,18-/m1/s1. The van der Waals surface area contributed by atoms with Crippen LogP contribution in [0.25, 0.3) is 0 Å². The number of carbonyl (C=O) groups is 1. The van der Waals surface area contributed by atoms with E-state index in [0.29, 0.717) is 19.1 Å². The molecule has 1 heterocycles. The van der Waals surface area contributed by atoms with Crippen LogP contribution in [0.5, 0.6) is 0 Å². The van der Waals surface area contributed by atoms with Gasteiger partial charge in [-0.1, -0.05) is 25.7 Å². The quantitative estimate of drug-likeness (QED) is 0.665. The molecule has 136 valence electrons. The van der Waals surface area contributed by atoms with Crippen LogP contribution in [0.15, 0.2) is 0 Å². The fourth-order valence-electron chi connectivity index (χ4n) is 5.69. The van der Waals surface area contributed by atoms with Gasteiger partial charge < -0.3 is 24.8 Å². The van der Waals surface area contributed by atoms with Gasteiger partial charge in [-0.2, -0.15) is 0 Å². The van der Waals surface area contributed by atoms with Crippen molar-refractivity contribution in [1.29, 1.82) is 0 Å². The average Bonchev–Trinajstić information content (AvgIpc) is 2.91. The summed E-state index contributed by atoms with van der Waals surface area (Å²) in [5.41, 5.74) is -4.66. The summed E-state index contributed by atoms with van der Waals surface area (Å²) in [6, 6.07) is 0. The molecule has 1 saturated heterocycles. The molecular formula is C18H28O6. The summed E-state index contributed by atoms with van der Waals surface area (Å²) in [5, 5.41) is 32.8. The molecule has 4 rings (SSSR count). The number of rotatable bonds is 3. The molecule has 24 heavy (non-hydrogen) atoms. The fourth-order valence-corrected chi connectivity index (χ4v) is 5.69. The molecule has 0 aromatic rings. The van der Waals surface area contributed by atoms with Gasteiger partial charge in [-0.15, -0.1) is 0 Å². The first-order valence-electron chi connectivity index (χ1n) is 9.36. The second-order valence-corrected chi connectivity index (χ2v) is 8.18. The van der Waals surface area contributed by atoms with E-state index in [1.165, 1.54) is 0 Å². The van der Waals surface area contributed by atoms with Gasteiger partial charge in [0.2, 0.25) is 0 Å². The lowest BCUT2D eigenvalue weighted by Crippen LogP contribution is -2.48. The van der Waals surface area contributed by atoms with Crippen LogP contribution >= 0.6 is 0 Å². The van der Waals surface area contributed by atoms with Crippen molar-refractivity contribution in [1.82, 2.24) is 0 Å². The minimum Gasteiger partial charge on any atom is -0.387 e. The summed E-state index contributed by atoms with van der Waals surface area (Å²) in [7, 11) is 0. The highest BCUT2D eigenvalue weighted by Crippen LogP contribution is 2.72. The highest BCUT2D eigenvalue weighted by atomic mass is 16.7. The van der Waals surface area contributed by atoms with Gasteiger partial charge in [-0.3, -0.25) is 4.79 Å². The molecule has 0 radical (unpaired) electrons. The first-order chi connectivity index (χ1) is 11.4. The van der Waals surface area contributed by atoms with Gasteiger partial charge in [0, 0.05) is 18.3 Å². The van der Waals surface area contributed by atoms with E-state index < -0.39 is 34.6 Å². The predicted molar refractivity (Wildman–Crippen MR) is 84.1 cm³/mol. The maximum atomic E-state index is 11.6. The van der Waals surface area contributed by atoms with Crippen molar-refractivity contribution in [2.24, 2.45) is 5.41 Å². The van der Waals surface area contributed by atoms with E-state index in [2.05, 4.69) is 0 Å². The molecule has 3 aliphatic carbocycles. The lowest BCUT2D eigenvalue weighted by atomic mass is 9.80. The normalized spacial score (nSPS) is 44.5. The number of ether oxygens (including phenoxy) is 2. The Labute approximate surface area is 142 Å². The second kappa shape index (κ2) is 5.48. The Kier molecular flexibility index (Phi) is 3.86. The monoisotopic (exact) mass is 340 g/mol. The molecule has 4 atom stereocenters. The Morgan fingerprint density at radius 3 is 2.12 bits per heavy atom. The SMILES string of the molecule is O=C[C@]1(O)C2(CCCCC2)[C@]1(O)[C@H](O)[C@H]1COC2(CCCCC2)O1. The van der Waals surface area contributed by atoms with E-state index >= 15 is 0 Å². The van der Waals surface area contributed by atoms with Crippen LogP contribution in [0.4, 0.5) is 0 Å². The second-order valence-electron chi connectivity index (χ2n) is 8.18. The van der Waals surface area contributed by atoms with Crippen LogP contribution < -0.4 is 0 Å². The maximum absolute atomic E-state index is 11.6. The Bertz CT molecular complexity index is 510. The number of hydrogen-bond donors (Lipinski definition) is 3. The van der Waals surface area contributed by atoms with Crippen molar-refractivity contribution in [3.05, 3.63) is 0 Å². The van der Waals surface area contributed by atoms with Gasteiger partial charge in [0.25, 0.3) is 0 Å². The molecule has 2 spiro atoms. The Morgan fingerprint density at radius 2 is 1.54 bits per heavy atom. The van der Waals surface area contributed by atoms with E-state index in [-0.39, 0.29) is 6.61 Å². The summed E-state index contributed by atoms with van der Waals surface area (Å²) in [6.45, 7) is 0.189. The Morgan fingerprint density at radius 1 is 0.958 bits per heavy atom. The number of aldehydes is 1. The number of aliphatic hydroxyl groups excluding tert-OH is 1. The third kappa shape index (κ3) is 1.92. The summed E-state index contributed by atoms with van der Waals surface area (Å²) in [5.74, 6) is -0.659. The smallest absolute Gasteiger partial charge is 0.169 e. The zero-order valence-electron chi connectivity index (χ0n) is 14.1.